The average Bonchev–Trinajstić information content (AvgIpc) is 2.40. The summed E-state index contributed by atoms with van der Waals surface area (Å²) in [5, 5.41) is 4.84. The normalized spacial score (nSPS) is 12.6. The summed E-state index contributed by atoms with van der Waals surface area (Å²) in [6, 6.07) is 5.69. The van der Waals surface area contributed by atoms with Crippen LogP contribution in [0.1, 0.15) is 24.9 Å². The molecule has 0 aromatic heterocycles. The number of hydrogen-bond acceptors (Lipinski definition) is 3. The summed E-state index contributed by atoms with van der Waals surface area (Å²) in [5.41, 5.74) is 1.02. The van der Waals surface area contributed by atoms with Gasteiger partial charge in [0.15, 0.2) is 0 Å². The molecule has 3 nitrogen and oxygen atoms in total. The maximum atomic E-state index is 6.15. The molecule has 0 saturated carbocycles. The Balaban J connectivity index is 2.23. The smallest absolute Gasteiger partial charge is 0.0700 e. The highest BCUT2D eigenvalue weighted by atomic mass is 35.5. The molecule has 0 amide bonds. The molecule has 19 heavy (non-hydrogen) atoms. The van der Waals surface area contributed by atoms with E-state index in [2.05, 4.69) is 12.2 Å². The van der Waals surface area contributed by atoms with Gasteiger partial charge < -0.3 is 14.8 Å². The van der Waals surface area contributed by atoms with E-state index >= 15 is 0 Å². The number of hydrogen-bond donors (Lipinski definition) is 1. The van der Waals surface area contributed by atoms with Gasteiger partial charge in [0.2, 0.25) is 0 Å². The molecule has 0 radical (unpaired) electrons. The first-order valence-corrected chi connectivity index (χ1v) is 7.15. The second-order valence-electron chi connectivity index (χ2n) is 4.30. The largest absolute Gasteiger partial charge is 0.382 e. The van der Waals surface area contributed by atoms with Crippen LogP contribution in [-0.4, -0.2) is 33.5 Å². The van der Waals surface area contributed by atoms with Gasteiger partial charge in [0.05, 0.1) is 13.2 Å². The molecule has 1 atom stereocenters. The Morgan fingerprint density at radius 3 is 2.74 bits per heavy atom. The van der Waals surface area contributed by atoms with E-state index in [0.717, 1.165) is 30.2 Å². The lowest BCUT2D eigenvalue weighted by Crippen LogP contribution is -2.21. The molecule has 108 valence electrons. The van der Waals surface area contributed by atoms with Gasteiger partial charge in [-0.1, -0.05) is 23.2 Å². The lowest BCUT2D eigenvalue weighted by molar-refractivity contribution is 0.0693. The highest BCUT2D eigenvalue weighted by Crippen LogP contribution is 2.25. The minimum absolute atomic E-state index is 0.171. The van der Waals surface area contributed by atoms with Crippen LogP contribution in [0, 0.1) is 0 Å². The van der Waals surface area contributed by atoms with Crippen molar-refractivity contribution in [3.8, 4) is 0 Å². The number of halogens is 2. The summed E-state index contributed by atoms with van der Waals surface area (Å²) >= 11 is 12.1. The van der Waals surface area contributed by atoms with Gasteiger partial charge >= 0.3 is 0 Å². The van der Waals surface area contributed by atoms with Crippen molar-refractivity contribution >= 4 is 23.2 Å². The molecule has 5 heteroatoms. The number of rotatable bonds is 9. The highest BCUT2D eigenvalue weighted by Gasteiger charge is 2.09. The summed E-state index contributed by atoms with van der Waals surface area (Å²) in [5.74, 6) is 0. The van der Waals surface area contributed by atoms with E-state index in [4.69, 9.17) is 32.7 Å². The van der Waals surface area contributed by atoms with Crippen LogP contribution in [-0.2, 0) is 9.47 Å². The zero-order valence-electron chi connectivity index (χ0n) is 11.4. The Bertz CT molecular complexity index is 374. The first-order chi connectivity index (χ1) is 9.15. The van der Waals surface area contributed by atoms with E-state index in [0.29, 0.717) is 18.2 Å². The van der Waals surface area contributed by atoms with E-state index in [1.165, 1.54) is 0 Å². The molecule has 0 aliphatic heterocycles. The Kier molecular flexibility index (Phi) is 8.42. The Hall–Kier alpha value is -0.320. The van der Waals surface area contributed by atoms with Crippen molar-refractivity contribution in [1.82, 2.24) is 5.32 Å². The zero-order chi connectivity index (χ0) is 14.1. The summed E-state index contributed by atoms with van der Waals surface area (Å²) in [4.78, 5) is 0. The minimum Gasteiger partial charge on any atom is -0.382 e. The fraction of sp³-hybridized carbons (Fsp3) is 0.571. The lowest BCUT2D eigenvalue weighted by Gasteiger charge is -2.16. The van der Waals surface area contributed by atoms with Gasteiger partial charge in [0.1, 0.15) is 0 Å². The van der Waals surface area contributed by atoms with Gasteiger partial charge in [-0.25, -0.2) is 0 Å². The van der Waals surface area contributed by atoms with Gasteiger partial charge in [-0.05, 0) is 43.7 Å². The maximum Gasteiger partial charge on any atom is 0.0700 e. The molecule has 1 aromatic carbocycles. The summed E-state index contributed by atoms with van der Waals surface area (Å²) in [6.45, 7) is 4.96. The molecule has 0 fully saturated rings. The second kappa shape index (κ2) is 9.56. The molecule has 0 bridgehead atoms. The molecule has 1 aromatic rings. The maximum absolute atomic E-state index is 6.15. The SMILES string of the molecule is COCCOCCCNC(C)c1cc(Cl)ccc1Cl. The van der Waals surface area contributed by atoms with Gasteiger partial charge in [-0.2, -0.15) is 0 Å². The van der Waals surface area contributed by atoms with Crippen LogP contribution in [0.15, 0.2) is 18.2 Å². The van der Waals surface area contributed by atoms with Crippen molar-refractivity contribution in [3.63, 3.8) is 0 Å². The Labute approximate surface area is 125 Å². The molecule has 0 aliphatic rings. The zero-order valence-corrected chi connectivity index (χ0v) is 12.9. The van der Waals surface area contributed by atoms with Crippen molar-refractivity contribution in [3.05, 3.63) is 33.8 Å². The molecule has 1 N–H and O–H groups in total. The highest BCUT2D eigenvalue weighted by molar-refractivity contribution is 6.33. The molecular weight excluding hydrogens is 285 g/mol. The first-order valence-electron chi connectivity index (χ1n) is 6.40. The quantitative estimate of drug-likeness (QED) is 0.706. The van der Waals surface area contributed by atoms with Gasteiger partial charge in [0, 0.05) is 29.8 Å². The fourth-order valence-corrected chi connectivity index (χ4v) is 2.16. The van der Waals surface area contributed by atoms with E-state index in [-0.39, 0.29) is 6.04 Å². The molecular formula is C14H21Cl2NO2. The molecule has 0 heterocycles. The molecule has 0 aliphatic carbocycles. The van der Waals surface area contributed by atoms with Crippen molar-refractivity contribution in [2.45, 2.75) is 19.4 Å². The fourth-order valence-electron chi connectivity index (χ4n) is 1.69. The van der Waals surface area contributed by atoms with Crippen molar-refractivity contribution < 1.29 is 9.47 Å². The second-order valence-corrected chi connectivity index (χ2v) is 5.14. The van der Waals surface area contributed by atoms with Crippen molar-refractivity contribution in [2.24, 2.45) is 0 Å². The van der Waals surface area contributed by atoms with Gasteiger partial charge in [-0.3, -0.25) is 0 Å². The number of nitrogens with one attached hydrogen (secondary N) is 1. The Morgan fingerprint density at radius 1 is 1.21 bits per heavy atom. The molecule has 1 rings (SSSR count). The lowest BCUT2D eigenvalue weighted by atomic mass is 10.1. The van der Waals surface area contributed by atoms with E-state index in [9.17, 15) is 0 Å². The average molecular weight is 306 g/mol. The predicted molar refractivity (Wildman–Crippen MR) is 80.2 cm³/mol. The van der Waals surface area contributed by atoms with E-state index in [1.807, 2.05) is 12.1 Å². The number of benzene rings is 1. The first kappa shape index (κ1) is 16.7. The van der Waals surface area contributed by atoms with Crippen LogP contribution in [0.5, 0.6) is 0 Å². The van der Waals surface area contributed by atoms with Crippen LogP contribution in [0.4, 0.5) is 0 Å². The molecule has 0 saturated heterocycles. The Morgan fingerprint density at radius 2 is 2.00 bits per heavy atom. The van der Waals surface area contributed by atoms with Crippen LogP contribution in [0.25, 0.3) is 0 Å². The molecule has 1 unspecified atom stereocenters. The third-order valence-electron chi connectivity index (χ3n) is 2.77. The standard InChI is InChI=1S/C14H21Cl2NO2/c1-11(13-10-12(15)4-5-14(13)16)17-6-3-7-19-9-8-18-2/h4-5,10-11,17H,3,6-9H2,1-2H3. The minimum atomic E-state index is 0.171. The molecule has 0 spiro atoms. The summed E-state index contributed by atoms with van der Waals surface area (Å²) in [7, 11) is 1.67. The van der Waals surface area contributed by atoms with E-state index < -0.39 is 0 Å². The topological polar surface area (TPSA) is 30.5 Å². The van der Waals surface area contributed by atoms with Crippen LogP contribution >= 0.6 is 23.2 Å². The van der Waals surface area contributed by atoms with Crippen LogP contribution in [0.2, 0.25) is 10.0 Å². The summed E-state index contributed by atoms with van der Waals surface area (Å²) < 4.78 is 10.3. The van der Waals surface area contributed by atoms with Gasteiger partial charge in [-0.15, -0.1) is 0 Å². The van der Waals surface area contributed by atoms with Crippen molar-refractivity contribution in [1.29, 1.82) is 0 Å². The van der Waals surface area contributed by atoms with Crippen LogP contribution < -0.4 is 5.32 Å². The van der Waals surface area contributed by atoms with E-state index in [1.54, 1.807) is 13.2 Å². The summed E-state index contributed by atoms with van der Waals surface area (Å²) in [6.07, 6.45) is 0.951. The number of methoxy groups -OCH3 is 1. The van der Waals surface area contributed by atoms with Gasteiger partial charge in [0.25, 0.3) is 0 Å². The predicted octanol–water partition coefficient (Wildman–Crippen LogP) is 3.70. The van der Waals surface area contributed by atoms with Crippen molar-refractivity contribution in [2.75, 3.05) is 33.5 Å². The number of ether oxygens (including phenoxy) is 2. The van der Waals surface area contributed by atoms with Crippen LogP contribution in [0.3, 0.4) is 0 Å². The third kappa shape index (κ3) is 6.59. The third-order valence-corrected chi connectivity index (χ3v) is 3.35. The monoisotopic (exact) mass is 305 g/mol.